The molecular formula is C32H59NS. The number of rotatable bonds is 6. The number of hydrogen-bond acceptors (Lipinski definition) is 2. The molecule has 4 aliphatic carbocycles. The maximum absolute atomic E-state index is 5.97. The Morgan fingerprint density at radius 2 is 1.74 bits per heavy atom. The van der Waals surface area contributed by atoms with Gasteiger partial charge in [0.25, 0.3) is 0 Å². The van der Waals surface area contributed by atoms with Gasteiger partial charge in [0.1, 0.15) is 0 Å². The van der Waals surface area contributed by atoms with Gasteiger partial charge in [0, 0.05) is 5.25 Å². The van der Waals surface area contributed by atoms with Crippen molar-refractivity contribution in [3.05, 3.63) is 24.3 Å². The average molecular weight is 490 g/mol. The maximum Gasteiger partial charge on any atom is 0.0228 e. The van der Waals surface area contributed by atoms with Crippen molar-refractivity contribution < 1.29 is 0 Å². The summed E-state index contributed by atoms with van der Waals surface area (Å²) in [5.74, 6) is 5.64. The molecule has 4 rings (SSSR count). The fourth-order valence-corrected chi connectivity index (χ4v) is 9.30. The minimum atomic E-state index is 0.484. The van der Waals surface area contributed by atoms with Gasteiger partial charge in [0.15, 0.2) is 0 Å². The van der Waals surface area contributed by atoms with Crippen LogP contribution >= 0.6 is 11.9 Å². The van der Waals surface area contributed by atoms with Crippen LogP contribution in [0.25, 0.3) is 0 Å². The van der Waals surface area contributed by atoms with Crippen LogP contribution in [0.5, 0.6) is 0 Å². The molecule has 0 amide bonds. The zero-order valence-electron chi connectivity index (χ0n) is 24.2. The molecule has 2 N–H and O–H groups in total. The van der Waals surface area contributed by atoms with Crippen LogP contribution in [-0.4, -0.2) is 5.25 Å². The van der Waals surface area contributed by atoms with Crippen molar-refractivity contribution >= 4 is 11.9 Å². The van der Waals surface area contributed by atoms with Gasteiger partial charge in [-0.25, -0.2) is 0 Å². The fraction of sp³-hybridized carbons (Fsp3) is 0.875. The Bertz CT molecular complexity index is 653. The molecule has 2 heteroatoms. The minimum absolute atomic E-state index is 0.484. The molecule has 0 aromatic rings. The van der Waals surface area contributed by atoms with Crippen LogP contribution in [0.1, 0.15) is 126 Å². The van der Waals surface area contributed by atoms with Gasteiger partial charge in [0.05, 0.1) is 0 Å². The predicted octanol–water partition coefficient (Wildman–Crippen LogP) is 10.2. The first-order valence-electron chi connectivity index (χ1n) is 14.8. The molecule has 3 fully saturated rings. The molecule has 0 aromatic carbocycles. The first kappa shape index (κ1) is 30.0. The second-order valence-electron chi connectivity index (χ2n) is 12.7. The first-order chi connectivity index (χ1) is 16.2. The van der Waals surface area contributed by atoms with Gasteiger partial charge < -0.3 is 0 Å². The van der Waals surface area contributed by atoms with Crippen LogP contribution in [-0.2, 0) is 0 Å². The second-order valence-corrected chi connectivity index (χ2v) is 13.6. The molecule has 4 aliphatic rings. The number of nitrogens with two attached hydrogens (primary N) is 1. The van der Waals surface area contributed by atoms with Crippen molar-refractivity contribution in [1.29, 1.82) is 0 Å². The Balaban J connectivity index is 0.000000758. The topological polar surface area (TPSA) is 26.0 Å². The van der Waals surface area contributed by atoms with Crippen molar-refractivity contribution in [2.24, 2.45) is 51.5 Å². The number of hydrogen-bond donors (Lipinski definition) is 1. The SMILES string of the molecule is C=CC.CC.CC(C)CCCC(C)C1CCC2C3CC=C4CC(SN)CCC4(C)C3CCC12C. The molecule has 0 spiro atoms. The molecule has 0 bridgehead atoms. The van der Waals surface area contributed by atoms with Gasteiger partial charge in [-0.15, -0.1) is 6.58 Å². The Labute approximate surface area is 218 Å². The lowest BCUT2D eigenvalue weighted by Crippen LogP contribution is -2.50. The van der Waals surface area contributed by atoms with Crippen molar-refractivity contribution in [3.8, 4) is 0 Å². The first-order valence-corrected chi connectivity index (χ1v) is 15.8. The minimum Gasteiger partial charge on any atom is -0.278 e. The van der Waals surface area contributed by atoms with E-state index in [1.165, 1.54) is 70.6 Å². The molecule has 8 unspecified atom stereocenters. The highest BCUT2D eigenvalue weighted by molar-refractivity contribution is 7.97. The molecule has 3 saturated carbocycles. The van der Waals surface area contributed by atoms with E-state index in [1.54, 1.807) is 23.6 Å². The lowest BCUT2D eigenvalue weighted by atomic mass is 9.47. The molecule has 0 radical (unpaired) electrons. The van der Waals surface area contributed by atoms with Crippen LogP contribution in [0.2, 0.25) is 0 Å². The van der Waals surface area contributed by atoms with Crippen molar-refractivity contribution in [1.82, 2.24) is 0 Å². The Morgan fingerprint density at radius 3 is 2.35 bits per heavy atom. The predicted molar refractivity (Wildman–Crippen MR) is 156 cm³/mol. The Morgan fingerprint density at radius 1 is 1.06 bits per heavy atom. The summed E-state index contributed by atoms with van der Waals surface area (Å²) in [4.78, 5) is 0. The molecule has 0 heterocycles. The molecule has 34 heavy (non-hydrogen) atoms. The molecular weight excluding hydrogens is 430 g/mol. The Kier molecular flexibility index (Phi) is 11.8. The summed E-state index contributed by atoms with van der Waals surface area (Å²) in [6.07, 6.45) is 20.1. The maximum atomic E-state index is 5.97. The van der Waals surface area contributed by atoms with Crippen LogP contribution < -0.4 is 5.14 Å². The third-order valence-electron chi connectivity index (χ3n) is 10.5. The van der Waals surface area contributed by atoms with Crippen molar-refractivity contribution in [3.63, 3.8) is 0 Å². The Hall–Kier alpha value is -0.210. The van der Waals surface area contributed by atoms with E-state index in [2.05, 4.69) is 47.3 Å². The molecule has 1 nitrogen and oxygen atoms in total. The highest BCUT2D eigenvalue weighted by atomic mass is 32.2. The van der Waals surface area contributed by atoms with E-state index in [1.807, 2.05) is 20.8 Å². The number of allylic oxidation sites excluding steroid dienone is 3. The van der Waals surface area contributed by atoms with E-state index < -0.39 is 0 Å². The van der Waals surface area contributed by atoms with Gasteiger partial charge in [-0.3, -0.25) is 5.14 Å². The standard InChI is InChI=1S/C27H47NS.C3H6.C2H6/c1-18(2)7-6-8-19(3)23-11-12-24-22-10-9-20-17-21(29-28)13-15-26(20,4)25(22)14-16-27(23,24)5;1-3-2;1-2/h9,18-19,21-25H,6-8,10-17,28H2,1-5H3;3H,1H2,2H3;1-2H3. The van der Waals surface area contributed by atoms with Gasteiger partial charge >= 0.3 is 0 Å². The summed E-state index contributed by atoms with van der Waals surface area (Å²) < 4.78 is 0. The van der Waals surface area contributed by atoms with E-state index in [-0.39, 0.29) is 0 Å². The molecule has 198 valence electrons. The normalized spacial score (nSPS) is 39.2. The van der Waals surface area contributed by atoms with Crippen LogP contribution in [0.3, 0.4) is 0 Å². The quantitative estimate of drug-likeness (QED) is 0.296. The molecule has 0 aliphatic heterocycles. The van der Waals surface area contributed by atoms with E-state index >= 15 is 0 Å². The lowest BCUT2D eigenvalue weighted by Gasteiger charge is -2.58. The van der Waals surface area contributed by atoms with E-state index in [0.717, 1.165) is 35.5 Å². The van der Waals surface area contributed by atoms with Crippen molar-refractivity contribution in [2.75, 3.05) is 0 Å². The van der Waals surface area contributed by atoms with E-state index in [0.29, 0.717) is 16.1 Å². The zero-order chi connectivity index (χ0) is 25.5. The van der Waals surface area contributed by atoms with E-state index in [9.17, 15) is 0 Å². The average Bonchev–Trinajstić information content (AvgIpc) is 3.17. The van der Waals surface area contributed by atoms with Crippen LogP contribution in [0.15, 0.2) is 24.3 Å². The number of fused-ring (bicyclic) bond motifs is 5. The third kappa shape index (κ3) is 6.19. The van der Waals surface area contributed by atoms with Gasteiger partial charge in [-0.1, -0.05) is 97.4 Å². The highest BCUT2D eigenvalue weighted by Crippen LogP contribution is 2.67. The van der Waals surface area contributed by atoms with E-state index in [4.69, 9.17) is 5.14 Å². The summed E-state index contributed by atoms with van der Waals surface area (Å²) in [5.41, 5.74) is 2.88. The molecule has 8 atom stereocenters. The summed E-state index contributed by atoms with van der Waals surface area (Å²) in [5, 5.41) is 6.64. The van der Waals surface area contributed by atoms with Crippen LogP contribution in [0, 0.1) is 46.3 Å². The van der Waals surface area contributed by atoms with Gasteiger partial charge in [-0.05, 0) is 105 Å². The molecule has 0 saturated heterocycles. The van der Waals surface area contributed by atoms with Gasteiger partial charge in [-0.2, -0.15) is 0 Å². The monoisotopic (exact) mass is 489 g/mol. The largest absolute Gasteiger partial charge is 0.278 e. The third-order valence-corrected chi connectivity index (χ3v) is 11.2. The smallest absolute Gasteiger partial charge is 0.0228 e. The fourth-order valence-electron chi connectivity index (χ4n) is 8.77. The molecule has 0 aromatic heterocycles. The lowest BCUT2D eigenvalue weighted by molar-refractivity contribution is -0.0497. The summed E-state index contributed by atoms with van der Waals surface area (Å²) in [7, 11) is 0. The zero-order valence-corrected chi connectivity index (χ0v) is 25.0. The van der Waals surface area contributed by atoms with Crippen molar-refractivity contribution in [2.45, 2.75) is 131 Å². The van der Waals surface area contributed by atoms with Gasteiger partial charge in [0.2, 0.25) is 0 Å². The van der Waals surface area contributed by atoms with Crippen LogP contribution in [0.4, 0.5) is 0 Å². The summed E-state index contributed by atoms with van der Waals surface area (Å²) in [6.45, 7) is 22.0. The summed E-state index contributed by atoms with van der Waals surface area (Å²) in [6, 6.07) is 0. The summed E-state index contributed by atoms with van der Waals surface area (Å²) >= 11 is 1.62. The highest BCUT2D eigenvalue weighted by Gasteiger charge is 2.59. The second kappa shape index (κ2) is 13.4.